The van der Waals surface area contributed by atoms with E-state index in [1.165, 1.54) is 5.56 Å². The van der Waals surface area contributed by atoms with Crippen LogP contribution in [-0.4, -0.2) is 5.11 Å². The molecule has 2 aromatic carbocycles. The van der Waals surface area contributed by atoms with Crippen molar-refractivity contribution in [1.29, 1.82) is 0 Å². The van der Waals surface area contributed by atoms with Gasteiger partial charge in [0, 0.05) is 16.7 Å². The highest BCUT2D eigenvalue weighted by molar-refractivity contribution is 9.10. The first-order valence-electron chi connectivity index (χ1n) is 5.43. The monoisotopic (exact) mass is 291 g/mol. The average Bonchev–Trinajstić information content (AvgIpc) is 2.33. The van der Waals surface area contributed by atoms with Gasteiger partial charge in [-0.1, -0.05) is 28.1 Å². The maximum absolute atomic E-state index is 9.18. The van der Waals surface area contributed by atoms with Gasteiger partial charge in [-0.2, -0.15) is 0 Å². The summed E-state index contributed by atoms with van der Waals surface area (Å²) in [5, 5.41) is 12.5. The van der Waals surface area contributed by atoms with Gasteiger partial charge in [0.2, 0.25) is 0 Å². The molecule has 0 aliphatic heterocycles. The van der Waals surface area contributed by atoms with Crippen LogP contribution in [0, 0.1) is 6.92 Å². The lowest BCUT2D eigenvalue weighted by Gasteiger charge is -2.08. The van der Waals surface area contributed by atoms with Crippen molar-refractivity contribution in [1.82, 2.24) is 0 Å². The summed E-state index contributed by atoms with van der Waals surface area (Å²) >= 11 is 3.48. The number of benzene rings is 2. The van der Waals surface area contributed by atoms with Gasteiger partial charge in [0.05, 0.1) is 0 Å². The third-order valence-electron chi connectivity index (χ3n) is 2.59. The Bertz CT molecular complexity index is 508. The van der Waals surface area contributed by atoms with Crippen LogP contribution in [0.15, 0.2) is 46.9 Å². The SMILES string of the molecule is Cc1cc(NCc2ccc(O)cc2)ccc1Br. The number of nitrogens with one attached hydrogen (secondary N) is 1. The van der Waals surface area contributed by atoms with Crippen molar-refractivity contribution in [2.24, 2.45) is 0 Å². The first-order valence-corrected chi connectivity index (χ1v) is 6.22. The number of anilines is 1. The van der Waals surface area contributed by atoms with Crippen molar-refractivity contribution in [3.63, 3.8) is 0 Å². The summed E-state index contributed by atoms with van der Waals surface area (Å²) < 4.78 is 1.12. The van der Waals surface area contributed by atoms with Gasteiger partial charge in [-0.15, -0.1) is 0 Å². The van der Waals surface area contributed by atoms with E-state index < -0.39 is 0 Å². The summed E-state index contributed by atoms with van der Waals surface area (Å²) in [6, 6.07) is 13.4. The lowest BCUT2D eigenvalue weighted by atomic mass is 10.2. The van der Waals surface area contributed by atoms with Gasteiger partial charge in [0.25, 0.3) is 0 Å². The first-order chi connectivity index (χ1) is 8.15. The Hall–Kier alpha value is -1.48. The molecule has 2 nitrogen and oxygen atoms in total. The minimum absolute atomic E-state index is 0.299. The van der Waals surface area contributed by atoms with Crippen molar-refractivity contribution in [3.05, 3.63) is 58.1 Å². The minimum atomic E-state index is 0.299. The Morgan fingerprint density at radius 2 is 1.82 bits per heavy atom. The molecule has 0 radical (unpaired) electrons. The van der Waals surface area contributed by atoms with Crippen LogP contribution in [0.2, 0.25) is 0 Å². The highest BCUT2D eigenvalue weighted by Gasteiger charge is 1.98. The van der Waals surface area contributed by atoms with Gasteiger partial charge >= 0.3 is 0 Å². The van der Waals surface area contributed by atoms with Gasteiger partial charge in [-0.3, -0.25) is 0 Å². The summed E-state index contributed by atoms with van der Waals surface area (Å²) in [5.41, 5.74) is 3.45. The Morgan fingerprint density at radius 1 is 1.12 bits per heavy atom. The second-order valence-corrected chi connectivity index (χ2v) is 4.84. The van der Waals surface area contributed by atoms with E-state index in [9.17, 15) is 5.11 Å². The highest BCUT2D eigenvalue weighted by atomic mass is 79.9. The van der Waals surface area contributed by atoms with Crippen molar-refractivity contribution in [2.45, 2.75) is 13.5 Å². The standard InChI is InChI=1S/C14H14BrNO/c1-10-8-12(4-7-14(10)15)16-9-11-2-5-13(17)6-3-11/h2-8,16-17H,9H2,1H3. The predicted octanol–water partition coefficient (Wildman–Crippen LogP) is 4.08. The normalized spacial score (nSPS) is 10.2. The average molecular weight is 292 g/mol. The quantitative estimate of drug-likeness (QED) is 0.893. The van der Waals surface area contributed by atoms with E-state index in [4.69, 9.17) is 0 Å². The van der Waals surface area contributed by atoms with Crippen LogP contribution in [0.5, 0.6) is 5.75 Å². The number of phenols is 1. The zero-order valence-corrected chi connectivity index (χ0v) is 11.2. The van der Waals surface area contributed by atoms with Gasteiger partial charge in [-0.25, -0.2) is 0 Å². The molecule has 0 aliphatic rings. The molecule has 0 unspecified atom stereocenters. The molecule has 2 rings (SSSR count). The first kappa shape index (κ1) is 12.0. The smallest absolute Gasteiger partial charge is 0.115 e. The third kappa shape index (κ3) is 3.24. The van der Waals surface area contributed by atoms with Gasteiger partial charge in [0.1, 0.15) is 5.75 Å². The second-order valence-electron chi connectivity index (χ2n) is 3.98. The molecule has 0 atom stereocenters. The molecule has 0 aliphatic carbocycles. The van der Waals surface area contributed by atoms with Crippen molar-refractivity contribution in [3.8, 4) is 5.75 Å². The van der Waals surface area contributed by atoms with Crippen LogP contribution in [0.1, 0.15) is 11.1 Å². The minimum Gasteiger partial charge on any atom is -0.508 e. The van der Waals surface area contributed by atoms with Crippen LogP contribution in [-0.2, 0) is 6.54 Å². The molecule has 2 aromatic rings. The number of rotatable bonds is 3. The zero-order valence-electron chi connectivity index (χ0n) is 9.57. The van der Waals surface area contributed by atoms with Gasteiger partial charge < -0.3 is 10.4 Å². The lowest BCUT2D eigenvalue weighted by molar-refractivity contribution is 0.475. The molecule has 0 heterocycles. The number of hydrogen-bond donors (Lipinski definition) is 2. The predicted molar refractivity (Wildman–Crippen MR) is 74.3 cm³/mol. The van der Waals surface area contributed by atoms with Crippen LogP contribution in [0.25, 0.3) is 0 Å². The number of halogens is 1. The summed E-state index contributed by atoms with van der Waals surface area (Å²) in [5.74, 6) is 0.299. The fourth-order valence-electron chi connectivity index (χ4n) is 1.57. The van der Waals surface area contributed by atoms with Crippen LogP contribution < -0.4 is 5.32 Å². The molecular formula is C14H14BrNO. The maximum Gasteiger partial charge on any atom is 0.115 e. The molecule has 88 valence electrons. The summed E-state index contributed by atoms with van der Waals surface area (Å²) in [6.07, 6.45) is 0. The molecule has 3 heteroatoms. The molecule has 0 spiro atoms. The molecule has 0 fully saturated rings. The summed E-state index contributed by atoms with van der Waals surface area (Å²) in [7, 11) is 0. The van der Waals surface area contributed by atoms with Crippen LogP contribution in [0.3, 0.4) is 0 Å². The number of hydrogen-bond acceptors (Lipinski definition) is 2. The van der Waals surface area contributed by atoms with E-state index in [2.05, 4.69) is 34.2 Å². The fourth-order valence-corrected chi connectivity index (χ4v) is 1.82. The van der Waals surface area contributed by atoms with Crippen molar-refractivity contribution in [2.75, 3.05) is 5.32 Å². The molecule has 0 saturated heterocycles. The Morgan fingerprint density at radius 3 is 2.47 bits per heavy atom. The molecular weight excluding hydrogens is 278 g/mol. The highest BCUT2D eigenvalue weighted by Crippen LogP contribution is 2.20. The Kier molecular flexibility index (Phi) is 3.69. The summed E-state index contributed by atoms with van der Waals surface area (Å²) in [4.78, 5) is 0. The third-order valence-corrected chi connectivity index (χ3v) is 3.48. The Balaban J connectivity index is 2.02. The molecule has 17 heavy (non-hydrogen) atoms. The van der Waals surface area contributed by atoms with E-state index >= 15 is 0 Å². The number of phenolic OH excluding ortho intramolecular Hbond substituents is 1. The summed E-state index contributed by atoms with van der Waals surface area (Å²) in [6.45, 7) is 2.82. The van der Waals surface area contributed by atoms with Crippen LogP contribution in [0.4, 0.5) is 5.69 Å². The zero-order chi connectivity index (χ0) is 12.3. The maximum atomic E-state index is 9.18. The van der Waals surface area contributed by atoms with Crippen molar-refractivity contribution >= 4 is 21.6 Å². The van der Waals surface area contributed by atoms with Gasteiger partial charge in [0.15, 0.2) is 0 Å². The fraction of sp³-hybridized carbons (Fsp3) is 0.143. The van der Waals surface area contributed by atoms with Gasteiger partial charge in [-0.05, 0) is 48.4 Å². The second kappa shape index (κ2) is 5.23. The number of aromatic hydroxyl groups is 1. The lowest BCUT2D eigenvalue weighted by Crippen LogP contribution is -1.99. The molecule has 0 aromatic heterocycles. The van der Waals surface area contributed by atoms with E-state index in [1.54, 1.807) is 12.1 Å². The largest absolute Gasteiger partial charge is 0.508 e. The number of aryl methyl sites for hydroxylation is 1. The molecule has 2 N–H and O–H groups in total. The van der Waals surface area contributed by atoms with Crippen molar-refractivity contribution < 1.29 is 5.11 Å². The topological polar surface area (TPSA) is 32.3 Å². The van der Waals surface area contributed by atoms with E-state index in [-0.39, 0.29) is 0 Å². The Labute approximate surface area is 109 Å². The van der Waals surface area contributed by atoms with E-state index in [1.807, 2.05) is 24.3 Å². The molecule has 0 bridgehead atoms. The van der Waals surface area contributed by atoms with E-state index in [0.717, 1.165) is 22.3 Å². The molecule has 0 saturated carbocycles. The van der Waals surface area contributed by atoms with Crippen LogP contribution >= 0.6 is 15.9 Å². The molecule has 0 amide bonds. The van der Waals surface area contributed by atoms with E-state index in [0.29, 0.717) is 5.75 Å².